The summed E-state index contributed by atoms with van der Waals surface area (Å²) in [7, 11) is 3.67. The summed E-state index contributed by atoms with van der Waals surface area (Å²) in [4.78, 5) is 43.9. The zero-order valence-electron chi connectivity index (χ0n) is 27.7. The van der Waals surface area contributed by atoms with Crippen molar-refractivity contribution >= 4 is 29.3 Å². The smallest absolute Gasteiger partial charge is 0.319 e. The van der Waals surface area contributed by atoms with Gasteiger partial charge in [0.2, 0.25) is 0 Å². The zero-order valence-corrected chi connectivity index (χ0v) is 27.7. The van der Waals surface area contributed by atoms with Gasteiger partial charge in [0.25, 0.3) is 5.91 Å². The highest BCUT2D eigenvalue weighted by Crippen LogP contribution is 2.45. The van der Waals surface area contributed by atoms with E-state index in [9.17, 15) is 9.59 Å². The van der Waals surface area contributed by atoms with E-state index in [0.29, 0.717) is 36.0 Å². The lowest BCUT2D eigenvalue weighted by Crippen LogP contribution is -2.56. The van der Waals surface area contributed by atoms with E-state index in [-0.39, 0.29) is 17.8 Å². The van der Waals surface area contributed by atoms with Gasteiger partial charge in [-0.05, 0) is 86.6 Å². The Hall–Kier alpha value is -3.40. The average Bonchev–Trinajstić information content (AvgIpc) is 3.87. The molecule has 2 aliphatic carbocycles. The van der Waals surface area contributed by atoms with Crippen LogP contribution in [0.25, 0.3) is 0 Å². The number of nitrogens with zero attached hydrogens (tertiary/aromatic N) is 6. The molecule has 1 aromatic carbocycles. The minimum absolute atomic E-state index is 0.0832. The Labute approximate surface area is 274 Å². The first kappa shape index (κ1) is 31.2. The summed E-state index contributed by atoms with van der Waals surface area (Å²) in [5.41, 5.74) is 8.16. The molecular formula is C36H52N8O2. The summed E-state index contributed by atoms with van der Waals surface area (Å²) < 4.78 is 0. The van der Waals surface area contributed by atoms with Crippen molar-refractivity contribution in [3.8, 4) is 0 Å². The maximum Gasteiger partial charge on any atom is 0.319 e. The monoisotopic (exact) mass is 628 g/mol. The summed E-state index contributed by atoms with van der Waals surface area (Å²) >= 11 is 0. The second kappa shape index (κ2) is 13.4. The van der Waals surface area contributed by atoms with Gasteiger partial charge in [-0.2, -0.15) is 0 Å². The maximum atomic E-state index is 13.2. The number of anilines is 3. The molecule has 0 radical (unpaired) electrons. The zero-order chi connectivity index (χ0) is 31.8. The first-order chi connectivity index (χ1) is 22.4. The van der Waals surface area contributed by atoms with Crippen LogP contribution in [0.2, 0.25) is 0 Å². The van der Waals surface area contributed by atoms with Crippen molar-refractivity contribution in [1.82, 2.24) is 24.7 Å². The second-order valence-corrected chi connectivity index (χ2v) is 14.8. The number of primary amides is 1. The number of amides is 3. The number of nitrogens with two attached hydrogens (primary N) is 1. The summed E-state index contributed by atoms with van der Waals surface area (Å²) in [6.07, 6.45) is 15.8. The number of aromatic nitrogens is 2. The predicted molar refractivity (Wildman–Crippen MR) is 181 cm³/mol. The molecule has 3 aliphatic heterocycles. The van der Waals surface area contributed by atoms with Gasteiger partial charge in [-0.15, -0.1) is 0 Å². The summed E-state index contributed by atoms with van der Waals surface area (Å²) in [6, 6.07) is 9.63. The third-order valence-corrected chi connectivity index (χ3v) is 12.0. The van der Waals surface area contributed by atoms with Crippen LogP contribution >= 0.6 is 0 Å². The first-order valence-corrected chi connectivity index (χ1v) is 17.9. The van der Waals surface area contributed by atoms with Gasteiger partial charge in [-0.1, -0.05) is 50.7 Å². The fraction of sp³-hybridized carbons (Fsp3) is 0.667. The normalized spacial score (nSPS) is 26.4. The molecule has 3 amide bonds. The molecule has 10 heteroatoms. The standard InChI is InChI=1S/C36H52N8O2/c1-41(2)36(46)44-20-17-29-30(26-7-3-4-8-26)22-43(23-31(29)44)32-21-38-33(34(37)45)35(40-32)39-27-13-11-24(12-14-27)25-15-18-42(19-16-25)28-9-5-6-10-28/h11-14,21,25-26,28-31H,3-10,15-20,22-23H2,1-2H3,(H2,37,45)(H,39,40)/t29-,30?,31+/m1/s1. The number of rotatable bonds is 7. The van der Waals surface area contributed by atoms with Crippen molar-refractivity contribution in [3.63, 3.8) is 0 Å². The Morgan fingerprint density at radius 1 is 0.870 bits per heavy atom. The fourth-order valence-electron chi connectivity index (χ4n) is 9.51. The highest BCUT2D eigenvalue weighted by Gasteiger charge is 2.48. The van der Waals surface area contributed by atoms with Crippen LogP contribution in [0.4, 0.5) is 22.1 Å². The summed E-state index contributed by atoms with van der Waals surface area (Å²) in [5.74, 6) is 2.78. The molecule has 0 bridgehead atoms. The highest BCUT2D eigenvalue weighted by molar-refractivity contribution is 5.96. The van der Waals surface area contributed by atoms with Crippen LogP contribution in [0.5, 0.6) is 0 Å². The molecule has 1 aromatic heterocycles. The SMILES string of the molecule is CN(C)C(=O)N1CC[C@@H]2C(C3CCCC3)CN(c3cnc(C(N)=O)c(Nc4ccc(C5CCN(C6CCCC6)CC5)cc4)n3)C[C@@H]21. The van der Waals surface area contributed by atoms with Gasteiger partial charge in [0, 0.05) is 45.5 Å². The molecule has 2 saturated carbocycles. The van der Waals surface area contributed by atoms with Gasteiger partial charge in [0.15, 0.2) is 11.5 Å². The number of urea groups is 1. The van der Waals surface area contributed by atoms with Crippen LogP contribution in [0.3, 0.4) is 0 Å². The lowest BCUT2D eigenvalue weighted by molar-refractivity contribution is 0.0996. The lowest BCUT2D eigenvalue weighted by atomic mass is 9.74. The molecule has 4 heterocycles. The Balaban J connectivity index is 1.08. The molecule has 3 saturated heterocycles. The van der Waals surface area contributed by atoms with Gasteiger partial charge >= 0.3 is 6.03 Å². The number of hydrogen-bond acceptors (Lipinski definition) is 7. The molecule has 3 N–H and O–H groups in total. The van der Waals surface area contributed by atoms with Crippen LogP contribution in [0.15, 0.2) is 30.5 Å². The third-order valence-electron chi connectivity index (χ3n) is 12.0. The van der Waals surface area contributed by atoms with E-state index >= 15 is 0 Å². The quantitative estimate of drug-likeness (QED) is 0.420. The Kier molecular flexibility index (Phi) is 9.08. The van der Waals surface area contributed by atoms with Crippen molar-refractivity contribution < 1.29 is 9.59 Å². The number of piperidine rings is 2. The molecule has 248 valence electrons. The van der Waals surface area contributed by atoms with Gasteiger partial charge in [0.1, 0.15) is 5.82 Å². The van der Waals surface area contributed by atoms with Crippen LogP contribution < -0.4 is 16.0 Å². The minimum Gasteiger partial charge on any atom is -0.364 e. The van der Waals surface area contributed by atoms with Crippen molar-refractivity contribution in [2.75, 3.05) is 57.0 Å². The highest BCUT2D eigenvalue weighted by atomic mass is 16.2. The van der Waals surface area contributed by atoms with E-state index < -0.39 is 5.91 Å². The fourth-order valence-corrected chi connectivity index (χ4v) is 9.51. The Morgan fingerprint density at radius 3 is 2.24 bits per heavy atom. The second-order valence-electron chi connectivity index (χ2n) is 14.8. The number of likely N-dealkylation sites (tertiary alicyclic amines) is 2. The Bertz CT molecular complexity index is 1380. The topological polar surface area (TPSA) is 111 Å². The molecule has 0 spiro atoms. The number of fused-ring (bicyclic) bond motifs is 1. The van der Waals surface area contributed by atoms with Crippen LogP contribution in [-0.4, -0.2) is 95.5 Å². The van der Waals surface area contributed by atoms with Crippen LogP contribution in [-0.2, 0) is 0 Å². The van der Waals surface area contributed by atoms with E-state index in [1.807, 2.05) is 14.1 Å². The third kappa shape index (κ3) is 6.29. The van der Waals surface area contributed by atoms with Crippen molar-refractivity contribution in [1.29, 1.82) is 0 Å². The molecule has 10 nitrogen and oxygen atoms in total. The van der Waals surface area contributed by atoms with Crippen LogP contribution in [0, 0.1) is 17.8 Å². The maximum absolute atomic E-state index is 13.2. The van der Waals surface area contributed by atoms with E-state index in [1.165, 1.54) is 82.9 Å². The van der Waals surface area contributed by atoms with E-state index in [4.69, 9.17) is 10.7 Å². The number of nitrogens with one attached hydrogen (secondary N) is 1. The van der Waals surface area contributed by atoms with Gasteiger partial charge in [0.05, 0.1) is 12.2 Å². The number of benzene rings is 1. The molecule has 1 unspecified atom stereocenters. The van der Waals surface area contributed by atoms with Crippen molar-refractivity contribution in [2.45, 2.75) is 88.6 Å². The first-order valence-electron chi connectivity index (χ1n) is 17.9. The molecule has 46 heavy (non-hydrogen) atoms. The van der Waals surface area contributed by atoms with Gasteiger partial charge in [-0.3, -0.25) is 4.79 Å². The van der Waals surface area contributed by atoms with E-state index in [2.05, 4.69) is 49.3 Å². The molecule has 3 atom stereocenters. The van der Waals surface area contributed by atoms with E-state index in [0.717, 1.165) is 37.1 Å². The average molecular weight is 629 g/mol. The Morgan fingerprint density at radius 2 is 1.57 bits per heavy atom. The molecule has 2 aromatic rings. The van der Waals surface area contributed by atoms with Crippen molar-refractivity contribution in [2.24, 2.45) is 23.5 Å². The van der Waals surface area contributed by atoms with Gasteiger partial charge < -0.3 is 30.7 Å². The number of carbonyl (C=O) groups is 2. The molecule has 7 rings (SSSR count). The minimum atomic E-state index is -0.603. The molecule has 5 fully saturated rings. The molecule has 5 aliphatic rings. The number of carbonyl (C=O) groups excluding carboxylic acids is 2. The van der Waals surface area contributed by atoms with Crippen LogP contribution in [0.1, 0.15) is 92.6 Å². The number of hydrogen-bond donors (Lipinski definition) is 2. The summed E-state index contributed by atoms with van der Waals surface area (Å²) in [6.45, 7) is 4.80. The largest absolute Gasteiger partial charge is 0.364 e. The van der Waals surface area contributed by atoms with Gasteiger partial charge in [-0.25, -0.2) is 14.8 Å². The van der Waals surface area contributed by atoms with E-state index in [1.54, 1.807) is 11.1 Å². The summed E-state index contributed by atoms with van der Waals surface area (Å²) in [5, 5.41) is 3.38. The predicted octanol–water partition coefficient (Wildman–Crippen LogP) is 5.44. The molecular weight excluding hydrogens is 576 g/mol. The lowest BCUT2D eigenvalue weighted by Gasteiger charge is -2.46. The van der Waals surface area contributed by atoms with Crippen molar-refractivity contribution in [3.05, 3.63) is 41.7 Å².